The number of aryl methyl sites for hydroxylation is 2. The van der Waals surface area contributed by atoms with Gasteiger partial charge in [-0.15, -0.1) is 24.0 Å². The van der Waals surface area contributed by atoms with E-state index in [2.05, 4.69) is 68.2 Å². The Kier molecular flexibility index (Phi) is 9.81. The molecule has 1 saturated heterocycles. The van der Waals surface area contributed by atoms with Crippen LogP contribution >= 0.6 is 24.0 Å². The predicted octanol–water partition coefficient (Wildman–Crippen LogP) is 4.12. The minimum Gasteiger partial charge on any atom is -0.356 e. The van der Waals surface area contributed by atoms with E-state index in [1.165, 1.54) is 24.8 Å². The number of unbranched alkanes of at least 4 members (excludes halogenated alkanes) is 1. The van der Waals surface area contributed by atoms with Gasteiger partial charge in [-0.3, -0.25) is 4.99 Å². The van der Waals surface area contributed by atoms with E-state index in [0.717, 1.165) is 56.7 Å². The van der Waals surface area contributed by atoms with Crippen LogP contribution in [-0.4, -0.2) is 47.1 Å². The van der Waals surface area contributed by atoms with Gasteiger partial charge in [-0.2, -0.15) is 0 Å². The number of halogens is 1. The molecule has 0 atom stereocenters. The summed E-state index contributed by atoms with van der Waals surface area (Å²) in [5.41, 5.74) is 1.46. The van der Waals surface area contributed by atoms with Crippen molar-refractivity contribution in [2.24, 2.45) is 10.9 Å². The number of likely N-dealkylation sites (tertiary alicyclic amines) is 1. The Bertz CT molecular complexity index is 705. The molecular formula is C22H34IN5. The number of piperidine rings is 1. The number of guanidine groups is 1. The van der Waals surface area contributed by atoms with Gasteiger partial charge in [-0.05, 0) is 50.5 Å². The smallest absolute Gasteiger partial charge is 0.193 e. The average molecular weight is 495 g/mol. The van der Waals surface area contributed by atoms with Crippen LogP contribution in [-0.2, 0) is 13.0 Å². The van der Waals surface area contributed by atoms with Gasteiger partial charge in [0.25, 0.3) is 0 Å². The van der Waals surface area contributed by atoms with E-state index in [1.54, 1.807) is 0 Å². The van der Waals surface area contributed by atoms with E-state index in [4.69, 9.17) is 0 Å². The highest BCUT2D eigenvalue weighted by atomic mass is 127. The first kappa shape index (κ1) is 22.7. The SMILES string of the molecule is CN=C(NCCCCn1ccnc1C)N1CCC(Cc2ccccc2)CC1.I. The van der Waals surface area contributed by atoms with Crippen molar-refractivity contribution in [3.63, 3.8) is 0 Å². The van der Waals surface area contributed by atoms with Crippen molar-refractivity contribution >= 4 is 29.9 Å². The third-order valence-corrected chi connectivity index (χ3v) is 5.53. The molecule has 0 radical (unpaired) electrons. The third-order valence-electron chi connectivity index (χ3n) is 5.53. The fourth-order valence-corrected chi connectivity index (χ4v) is 3.88. The summed E-state index contributed by atoms with van der Waals surface area (Å²) in [6.07, 6.45) is 9.92. The van der Waals surface area contributed by atoms with Gasteiger partial charge in [-0.25, -0.2) is 4.98 Å². The van der Waals surface area contributed by atoms with Crippen LogP contribution in [0, 0.1) is 12.8 Å². The molecule has 0 saturated carbocycles. The molecule has 0 unspecified atom stereocenters. The second-order valence-electron chi connectivity index (χ2n) is 7.47. The van der Waals surface area contributed by atoms with Crippen LogP contribution < -0.4 is 5.32 Å². The number of benzene rings is 1. The molecule has 2 aromatic rings. The number of hydrogen-bond acceptors (Lipinski definition) is 2. The zero-order chi connectivity index (χ0) is 18.9. The Balaban J connectivity index is 0.00000280. The Hall–Kier alpha value is -1.57. The van der Waals surface area contributed by atoms with E-state index in [1.807, 2.05) is 13.2 Å². The van der Waals surface area contributed by atoms with Crippen molar-refractivity contribution in [3.8, 4) is 0 Å². The number of hydrogen-bond donors (Lipinski definition) is 1. The average Bonchev–Trinajstić information content (AvgIpc) is 3.11. The highest BCUT2D eigenvalue weighted by molar-refractivity contribution is 14.0. The number of aromatic nitrogens is 2. The Morgan fingerprint density at radius 2 is 1.93 bits per heavy atom. The highest BCUT2D eigenvalue weighted by Gasteiger charge is 2.21. The number of aliphatic imine (C=N–C) groups is 1. The van der Waals surface area contributed by atoms with Gasteiger partial charge < -0.3 is 14.8 Å². The number of rotatable bonds is 7. The van der Waals surface area contributed by atoms with E-state index < -0.39 is 0 Å². The molecular weight excluding hydrogens is 461 g/mol. The third kappa shape index (κ3) is 6.79. The topological polar surface area (TPSA) is 45.5 Å². The van der Waals surface area contributed by atoms with Gasteiger partial charge in [0.15, 0.2) is 5.96 Å². The zero-order valence-electron chi connectivity index (χ0n) is 17.2. The summed E-state index contributed by atoms with van der Waals surface area (Å²) in [6, 6.07) is 10.9. The largest absolute Gasteiger partial charge is 0.356 e. The summed E-state index contributed by atoms with van der Waals surface area (Å²) >= 11 is 0. The molecule has 3 rings (SSSR count). The van der Waals surface area contributed by atoms with Crippen LogP contribution in [0.3, 0.4) is 0 Å². The Morgan fingerprint density at radius 3 is 2.57 bits per heavy atom. The molecule has 1 N–H and O–H groups in total. The molecule has 1 aromatic heterocycles. The molecule has 1 aliphatic rings. The van der Waals surface area contributed by atoms with Crippen molar-refractivity contribution in [1.82, 2.24) is 19.8 Å². The van der Waals surface area contributed by atoms with Crippen LogP contribution in [0.1, 0.15) is 37.1 Å². The molecule has 1 aliphatic heterocycles. The first-order valence-electron chi connectivity index (χ1n) is 10.2. The molecule has 28 heavy (non-hydrogen) atoms. The van der Waals surface area contributed by atoms with Gasteiger partial charge in [-0.1, -0.05) is 30.3 Å². The summed E-state index contributed by atoms with van der Waals surface area (Å²) in [5, 5.41) is 3.55. The van der Waals surface area contributed by atoms with Crippen LogP contribution in [0.4, 0.5) is 0 Å². The molecule has 5 nitrogen and oxygen atoms in total. The predicted molar refractivity (Wildman–Crippen MR) is 127 cm³/mol. The molecule has 0 spiro atoms. The fraction of sp³-hybridized carbons (Fsp3) is 0.545. The van der Waals surface area contributed by atoms with Crippen LogP contribution in [0.2, 0.25) is 0 Å². The summed E-state index contributed by atoms with van der Waals surface area (Å²) < 4.78 is 2.21. The van der Waals surface area contributed by atoms with E-state index in [9.17, 15) is 0 Å². The van der Waals surface area contributed by atoms with Crippen molar-refractivity contribution in [2.45, 2.75) is 45.6 Å². The monoisotopic (exact) mass is 495 g/mol. The van der Waals surface area contributed by atoms with Crippen LogP contribution in [0.25, 0.3) is 0 Å². The van der Waals surface area contributed by atoms with Gasteiger partial charge in [0.05, 0.1) is 0 Å². The van der Waals surface area contributed by atoms with Crippen molar-refractivity contribution < 1.29 is 0 Å². The molecule has 2 heterocycles. The second kappa shape index (κ2) is 12.1. The summed E-state index contributed by atoms with van der Waals surface area (Å²) in [6.45, 7) is 6.28. The molecule has 1 fully saturated rings. The van der Waals surface area contributed by atoms with Crippen molar-refractivity contribution in [2.75, 3.05) is 26.7 Å². The van der Waals surface area contributed by atoms with E-state index in [-0.39, 0.29) is 24.0 Å². The number of nitrogens with zero attached hydrogens (tertiary/aromatic N) is 4. The van der Waals surface area contributed by atoms with Crippen molar-refractivity contribution in [1.29, 1.82) is 0 Å². The quantitative estimate of drug-likeness (QED) is 0.272. The van der Waals surface area contributed by atoms with E-state index in [0.29, 0.717) is 0 Å². The summed E-state index contributed by atoms with van der Waals surface area (Å²) in [4.78, 5) is 11.2. The molecule has 0 bridgehead atoms. The Morgan fingerprint density at radius 1 is 1.18 bits per heavy atom. The van der Waals surface area contributed by atoms with Gasteiger partial charge in [0.2, 0.25) is 0 Å². The van der Waals surface area contributed by atoms with Crippen molar-refractivity contribution in [3.05, 3.63) is 54.1 Å². The van der Waals surface area contributed by atoms with Gasteiger partial charge in [0, 0.05) is 45.6 Å². The summed E-state index contributed by atoms with van der Waals surface area (Å²) in [7, 11) is 1.90. The lowest BCUT2D eigenvalue weighted by molar-refractivity contribution is 0.259. The normalized spacial score (nSPS) is 15.4. The lowest BCUT2D eigenvalue weighted by Gasteiger charge is -2.34. The molecule has 0 amide bonds. The fourth-order valence-electron chi connectivity index (χ4n) is 3.88. The molecule has 154 valence electrons. The molecule has 0 aliphatic carbocycles. The summed E-state index contributed by atoms with van der Waals surface area (Å²) in [5.74, 6) is 2.95. The van der Waals surface area contributed by atoms with Gasteiger partial charge in [0.1, 0.15) is 5.82 Å². The maximum absolute atomic E-state index is 4.50. The second-order valence-corrected chi connectivity index (χ2v) is 7.47. The maximum Gasteiger partial charge on any atom is 0.193 e. The van der Waals surface area contributed by atoms with Gasteiger partial charge >= 0.3 is 0 Å². The van der Waals surface area contributed by atoms with E-state index >= 15 is 0 Å². The minimum absolute atomic E-state index is 0. The molecule has 6 heteroatoms. The lowest BCUT2D eigenvalue weighted by Crippen LogP contribution is -2.46. The standard InChI is InChI=1S/C22H33N5.HI/c1-19-24-13-17-26(19)14-7-6-12-25-22(23-2)27-15-10-21(11-16-27)18-20-8-4-3-5-9-20;/h3-5,8-9,13,17,21H,6-7,10-12,14-16,18H2,1-2H3,(H,23,25);1H. The zero-order valence-corrected chi connectivity index (χ0v) is 19.5. The van der Waals surface area contributed by atoms with Crippen LogP contribution in [0.15, 0.2) is 47.7 Å². The number of nitrogens with one attached hydrogen (secondary N) is 1. The first-order valence-corrected chi connectivity index (χ1v) is 10.2. The molecule has 1 aromatic carbocycles. The Labute approximate surface area is 186 Å². The lowest BCUT2D eigenvalue weighted by atomic mass is 9.90. The highest BCUT2D eigenvalue weighted by Crippen LogP contribution is 2.21. The maximum atomic E-state index is 4.50. The van der Waals surface area contributed by atoms with Crippen LogP contribution in [0.5, 0.6) is 0 Å². The number of imidazole rings is 1. The minimum atomic E-state index is 0. The first-order chi connectivity index (χ1) is 13.3.